The van der Waals surface area contributed by atoms with E-state index in [1.807, 2.05) is 30.3 Å². The predicted molar refractivity (Wildman–Crippen MR) is 117 cm³/mol. The van der Waals surface area contributed by atoms with Crippen LogP contribution in [-0.4, -0.2) is 37.2 Å². The monoisotopic (exact) mass is 421 g/mol. The molecule has 30 heavy (non-hydrogen) atoms. The summed E-state index contributed by atoms with van der Waals surface area (Å²) in [5.74, 6) is 0.991. The fraction of sp³-hybridized carbons (Fsp3) is 0.136. The number of amides is 1. The first-order chi connectivity index (χ1) is 14.6. The number of benzene rings is 2. The number of carbonyl (C=O) groups excluding carboxylic acids is 1. The second-order valence-electron chi connectivity index (χ2n) is 6.31. The number of aromatic nitrogens is 2. The molecule has 8 heteroatoms. The summed E-state index contributed by atoms with van der Waals surface area (Å²) in [5.41, 5.74) is 2.91. The number of pyridine rings is 1. The maximum Gasteiger partial charge on any atom is 0.255 e. The number of nitrogens with one attached hydrogen (secondary N) is 1. The number of rotatable bonds is 6. The van der Waals surface area contributed by atoms with E-state index in [1.54, 1.807) is 35.9 Å². The number of anilines is 1. The van der Waals surface area contributed by atoms with Crippen molar-refractivity contribution in [3.05, 3.63) is 60.4 Å². The van der Waals surface area contributed by atoms with Crippen LogP contribution in [0.25, 0.3) is 20.8 Å². The fourth-order valence-electron chi connectivity index (χ4n) is 3.02. The van der Waals surface area contributed by atoms with Gasteiger partial charge in [-0.1, -0.05) is 0 Å². The van der Waals surface area contributed by atoms with Crippen molar-refractivity contribution < 1.29 is 19.0 Å². The molecule has 152 valence electrons. The van der Waals surface area contributed by atoms with E-state index in [0.717, 1.165) is 20.8 Å². The van der Waals surface area contributed by atoms with Gasteiger partial charge in [0.1, 0.15) is 10.5 Å². The maximum absolute atomic E-state index is 12.7. The van der Waals surface area contributed by atoms with Crippen molar-refractivity contribution in [3.8, 4) is 27.8 Å². The Morgan fingerprint density at radius 2 is 1.67 bits per heavy atom. The van der Waals surface area contributed by atoms with Gasteiger partial charge in [0.05, 0.1) is 32.2 Å². The van der Waals surface area contributed by atoms with Gasteiger partial charge >= 0.3 is 0 Å². The van der Waals surface area contributed by atoms with Gasteiger partial charge in [-0.05, 0) is 42.5 Å². The van der Waals surface area contributed by atoms with E-state index < -0.39 is 0 Å². The number of ether oxygens (including phenoxy) is 3. The van der Waals surface area contributed by atoms with Crippen LogP contribution in [0.2, 0.25) is 0 Å². The molecule has 1 amide bonds. The van der Waals surface area contributed by atoms with Crippen LogP contribution in [0.4, 0.5) is 5.69 Å². The Hall–Kier alpha value is -3.65. The van der Waals surface area contributed by atoms with Crippen molar-refractivity contribution in [1.82, 2.24) is 9.97 Å². The van der Waals surface area contributed by atoms with Gasteiger partial charge in [0, 0.05) is 23.0 Å². The van der Waals surface area contributed by atoms with E-state index in [-0.39, 0.29) is 5.91 Å². The number of methoxy groups -OCH3 is 3. The number of nitrogens with zero attached hydrogens (tertiary/aromatic N) is 2. The zero-order chi connectivity index (χ0) is 21.1. The van der Waals surface area contributed by atoms with Crippen LogP contribution in [0.1, 0.15) is 10.4 Å². The molecule has 0 saturated carbocycles. The molecule has 7 nitrogen and oxygen atoms in total. The molecule has 0 fully saturated rings. The van der Waals surface area contributed by atoms with Crippen LogP contribution in [-0.2, 0) is 0 Å². The molecule has 0 saturated heterocycles. The van der Waals surface area contributed by atoms with E-state index in [0.29, 0.717) is 28.5 Å². The highest BCUT2D eigenvalue weighted by molar-refractivity contribution is 7.21. The van der Waals surface area contributed by atoms with Crippen LogP contribution in [0.15, 0.2) is 54.9 Å². The maximum atomic E-state index is 12.7. The first kappa shape index (κ1) is 19.7. The number of hydrogen-bond acceptors (Lipinski definition) is 7. The van der Waals surface area contributed by atoms with Crippen LogP contribution in [0.5, 0.6) is 17.2 Å². The summed E-state index contributed by atoms with van der Waals surface area (Å²) in [6.45, 7) is 0. The molecule has 0 atom stereocenters. The zero-order valence-electron chi connectivity index (χ0n) is 16.6. The standard InChI is InChI=1S/C22H19N3O4S/c1-27-17-10-14(11-18(28-2)20(17)29-3)21(26)24-15-6-4-13(5-7-15)22-25-16-12-23-9-8-19(16)30-22/h4-12H,1-3H3,(H,24,26). The van der Waals surface area contributed by atoms with Crippen LogP contribution >= 0.6 is 11.3 Å². The van der Waals surface area contributed by atoms with Crippen LogP contribution in [0, 0.1) is 0 Å². The molecule has 0 bridgehead atoms. The lowest BCUT2D eigenvalue weighted by atomic mass is 10.1. The average Bonchev–Trinajstić information content (AvgIpc) is 3.22. The number of thiazole rings is 1. The van der Waals surface area contributed by atoms with Crippen LogP contribution < -0.4 is 19.5 Å². The number of carbonyl (C=O) groups is 1. The lowest BCUT2D eigenvalue weighted by Gasteiger charge is -2.14. The molecule has 0 aliphatic heterocycles. The normalized spacial score (nSPS) is 10.6. The van der Waals surface area contributed by atoms with E-state index in [4.69, 9.17) is 14.2 Å². The van der Waals surface area contributed by atoms with E-state index in [9.17, 15) is 4.79 Å². The fourth-order valence-corrected chi connectivity index (χ4v) is 3.95. The second kappa shape index (κ2) is 8.38. The van der Waals surface area contributed by atoms with Gasteiger partial charge in [-0.2, -0.15) is 0 Å². The predicted octanol–water partition coefficient (Wildman–Crippen LogP) is 4.64. The Morgan fingerprint density at radius 3 is 2.27 bits per heavy atom. The van der Waals surface area contributed by atoms with E-state index in [1.165, 1.54) is 21.3 Å². The smallest absolute Gasteiger partial charge is 0.255 e. The lowest BCUT2D eigenvalue weighted by Crippen LogP contribution is -2.12. The Kier molecular flexibility index (Phi) is 5.49. The Balaban J connectivity index is 1.55. The Morgan fingerprint density at radius 1 is 0.967 bits per heavy atom. The summed E-state index contributed by atoms with van der Waals surface area (Å²) < 4.78 is 17.0. The van der Waals surface area contributed by atoms with Gasteiger partial charge in [-0.3, -0.25) is 9.78 Å². The highest BCUT2D eigenvalue weighted by atomic mass is 32.1. The highest BCUT2D eigenvalue weighted by Gasteiger charge is 2.17. The van der Waals surface area contributed by atoms with Gasteiger partial charge in [0.25, 0.3) is 5.91 Å². The molecular weight excluding hydrogens is 402 g/mol. The third-order valence-electron chi connectivity index (χ3n) is 4.51. The summed E-state index contributed by atoms with van der Waals surface area (Å²) in [4.78, 5) is 21.4. The van der Waals surface area contributed by atoms with Crippen molar-refractivity contribution in [2.45, 2.75) is 0 Å². The van der Waals surface area contributed by atoms with E-state index >= 15 is 0 Å². The second-order valence-corrected chi connectivity index (χ2v) is 7.34. The highest BCUT2D eigenvalue weighted by Crippen LogP contribution is 2.38. The minimum absolute atomic E-state index is 0.284. The number of hydrogen-bond donors (Lipinski definition) is 1. The molecule has 2 aromatic carbocycles. The number of fused-ring (bicyclic) bond motifs is 1. The zero-order valence-corrected chi connectivity index (χ0v) is 17.4. The molecular formula is C22H19N3O4S. The molecule has 0 aliphatic rings. The van der Waals surface area contributed by atoms with Crippen molar-refractivity contribution in [2.24, 2.45) is 0 Å². The SMILES string of the molecule is COc1cc(C(=O)Nc2ccc(-c3nc4cnccc4s3)cc2)cc(OC)c1OC. The van der Waals surface area contributed by atoms with Crippen molar-refractivity contribution in [3.63, 3.8) is 0 Å². The van der Waals surface area contributed by atoms with Crippen molar-refractivity contribution in [2.75, 3.05) is 26.6 Å². The topological polar surface area (TPSA) is 82.6 Å². The first-order valence-electron chi connectivity index (χ1n) is 9.05. The lowest BCUT2D eigenvalue weighted by molar-refractivity contribution is 0.102. The summed E-state index contributed by atoms with van der Waals surface area (Å²) in [5, 5.41) is 3.79. The van der Waals surface area contributed by atoms with Gasteiger partial charge in [-0.15, -0.1) is 11.3 Å². The van der Waals surface area contributed by atoms with Crippen molar-refractivity contribution >= 4 is 33.1 Å². The van der Waals surface area contributed by atoms with Crippen molar-refractivity contribution in [1.29, 1.82) is 0 Å². The van der Waals surface area contributed by atoms with Gasteiger partial charge in [-0.25, -0.2) is 4.98 Å². The minimum atomic E-state index is -0.284. The third kappa shape index (κ3) is 3.77. The summed E-state index contributed by atoms with van der Waals surface area (Å²) in [7, 11) is 4.54. The largest absolute Gasteiger partial charge is 0.493 e. The Bertz CT molecular complexity index is 1150. The molecule has 2 aromatic heterocycles. The first-order valence-corrected chi connectivity index (χ1v) is 9.87. The molecule has 2 heterocycles. The molecule has 0 aliphatic carbocycles. The summed E-state index contributed by atoms with van der Waals surface area (Å²) >= 11 is 1.60. The molecule has 0 spiro atoms. The third-order valence-corrected chi connectivity index (χ3v) is 5.59. The summed E-state index contributed by atoms with van der Waals surface area (Å²) in [6.07, 6.45) is 3.51. The Labute approximate surface area is 177 Å². The average molecular weight is 421 g/mol. The summed E-state index contributed by atoms with van der Waals surface area (Å²) in [6, 6.07) is 12.7. The quantitative estimate of drug-likeness (QED) is 0.489. The molecule has 0 radical (unpaired) electrons. The van der Waals surface area contributed by atoms with Crippen LogP contribution in [0.3, 0.4) is 0 Å². The molecule has 4 aromatic rings. The van der Waals surface area contributed by atoms with Gasteiger partial charge in [0.2, 0.25) is 5.75 Å². The van der Waals surface area contributed by atoms with Gasteiger partial charge < -0.3 is 19.5 Å². The molecule has 4 rings (SSSR count). The molecule has 0 unspecified atom stereocenters. The minimum Gasteiger partial charge on any atom is -0.493 e. The van der Waals surface area contributed by atoms with Gasteiger partial charge in [0.15, 0.2) is 11.5 Å². The van der Waals surface area contributed by atoms with E-state index in [2.05, 4.69) is 15.3 Å². The molecule has 1 N–H and O–H groups in total.